The highest BCUT2D eigenvalue weighted by Gasteiger charge is 2.05. The van der Waals surface area contributed by atoms with Crippen molar-refractivity contribution in [3.05, 3.63) is 0 Å². The number of aliphatic hydroxyl groups excluding tert-OH is 1. The molecular weight excluding hydrogens is 160 g/mol. The van der Waals surface area contributed by atoms with Gasteiger partial charge in [-0.05, 0) is 6.42 Å². The van der Waals surface area contributed by atoms with Gasteiger partial charge in [-0.1, -0.05) is 13.8 Å². The van der Waals surface area contributed by atoms with E-state index in [0.29, 0.717) is 11.9 Å². The molecule has 0 fully saturated rings. The minimum absolute atomic E-state index is 0.306. The Morgan fingerprint density at radius 3 is 2.64 bits per heavy atom. The number of ether oxygens (including phenoxy) is 1. The van der Waals surface area contributed by atoms with Gasteiger partial charge < -0.3 is 9.84 Å². The zero-order chi connectivity index (χ0) is 8.69. The van der Waals surface area contributed by atoms with E-state index in [1.165, 1.54) is 0 Å². The number of hydrogen-bond acceptors (Lipinski definition) is 3. The molecule has 0 rings (SSSR count). The van der Waals surface area contributed by atoms with Gasteiger partial charge in [0.2, 0.25) is 0 Å². The third-order valence-electron chi connectivity index (χ3n) is 1.51. The average molecular weight is 178 g/mol. The smallest absolute Gasteiger partial charge is 0.0863 e. The summed E-state index contributed by atoms with van der Waals surface area (Å²) < 4.78 is 4.81. The van der Waals surface area contributed by atoms with Crippen LogP contribution in [0.1, 0.15) is 20.3 Å². The van der Waals surface area contributed by atoms with Gasteiger partial charge in [0.25, 0.3) is 0 Å². The number of rotatable bonds is 6. The van der Waals surface area contributed by atoms with Crippen molar-refractivity contribution in [2.24, 2.45) is 0 Å². The summed E-state index contributed by atoms with van der Waals surface area (Å²) in [6, 6.07) is 0. The molecule has 0 bridgehead atoms. The Kier molecular flexibility index (Phi) is 7.12. The SMILES string of the molecule is CCC(C)SCC(O)COC. The zero-order valence-corrected chi connectivity index (χ0v) is 8.36. The van der Waals surface area contributed by atoms with Gasteiger partial charge in [0.05, 0.1) is 12.7 Å². The van der Waals surface area contributed by atoms with Crippen LogP contribution in [0, 0.1) is 0 Å². The maximum atomic E-state index is 9.25. The molecule has 0 aromatic heterocycles. The lowest BCUT2D eigenvalue weighted by Crippen LogP contribution is -2.18. The summed E-state index contributed by atoms with van der Waals surface area (Å²) >= 11 is 1.79. The van der Waals surface area contributed by atoms with Gasteiger partial charge in [-0.25, -0.2) is 0 Å². The third kappa shape index (κ3) is 6.66. The van der Waals surface area contributed by atoms with Crippen molar-refractivity contribution < 1.29 is 9.84 Å². The molecule has 0 radical (unpaired) electrons. The van der Waals surface area contributed by atoms with Gasteiger partial charge in [0.1, 0.15) is 0 Å². The summed E-state index contributed by atoms with van der Waals surface area (Å²) in [5.74, 6) is 0.781. The van der Waals surface area contributed by atoms with Crippen LogP contribution in [0.5, 0.6) is 0 Å². The Labute approximate surface area is 73.3 Å². The lowest BCUT2D eigenvalue weighted by molar-refractivity contribution is 0.0793. The summed E-state index contributed by atoms with van der Waals surface area (Å²) in [6.07, 6.45) is 0.851. The standard InChI is InChI=1S/C8H18O2S/c1-4-7(2)11-6-8(9)5-10-3/h7-9H,4-6H2,1-3H3. The van der Waals surface area contributed by atoms with Crippen LogP contribution in [0.4, 0.5) is 0 Å². The van der Waals surface area contributed by atoms with Crippen LogP contribution in [0.3, 0.4) is 0 Å². The number of thioether (sulfide) groups is 1. The van der Waals surface area contributed by atoms with Gasteiger partial charge >= 0.3 is 0 Å². The monoisotopic (exact) mass is 178 g/mol. The maximum absolute atomic E-state index is 9.25. The molecule has 0 saturated heterocycles. The van der Waals surface area contributed by atoms with Crippen LogP contribution in [0.25, 0.3) is 0 Å². The maximum Gasteiger partial charge on any atom is 0.0863 e. The predicted octanol–water partition coefficient (Wildman–Crippen LogP) is 1.53. The van der Waals surface area contributed by atoms with Crippen molar-refractivity contribution in [2.75, 3.05) is 19.5 Å². The molecule has 1 N–H and O–H groups in total. The van der Waals surface area contributed by atoms with E-state index in [4.69, 9.17) is 4.74 Å². The molecule has 0 saturated carbocycles. The van der Waals surface area contributed by atoms with Gasteiger partial charge in [-0.15, -0.1) is 0 Å². The number of aliphatic hydroxyl groups is 1. The highest BCUT2D eigenvalue weighted by atomic mass is 32.2. The number of methoxy groups -OCH3 is 1. The lowest BCUT2D eigenvalue weighted by Gasteiger charge is -2.12. The van der Waals surface area contributed by atoms with Gasteiger partial charge in [0.15, 0.2) is 0 Å². The largest absolute Gasteiger partial charge is 0.390 e. The summed E-state index contributed by atoms with van der Waals surface area (Å²) in [6.45, 7) is 4.77. The van der Waals surface area contributed by atoms with E-state index in [1.807, 2.05) is 0 Å². The quantitative estimate of drug-likeness (QED) is 0.669. The lowest BCUT2D eigenvalue weighted by atomic mass is 10.4. The van der Waals surface area contributed by atoms with Crippen LogP contribution in [-0.2, 0) is 4.74 Å². The molecule has 0 aliphatic carbocycles. The van der Waals surface area contributed by atoms with E-state index in [-0.39, 0.29) is 6.10 Å². The van der Waals surface area contributed by atoms with Crippen molar-refractivity contribution in [3.63, 3.8) is 0 Å². The van der Waals surface area contributed by atoms with E-state index in [0.717, 1.165) is 12.2 Å². The third-order valence-corrected chi connectivity index (χ3v) is 2.99. The first-order valence-corrected chi connectivity index (χ1v) is 5.04. The first kappa shape index (κ1) is 11.3. The molecule has 0 aliphatic rings. The Morgan fingerprint density at radius 2 is 2.18 bits per heavy atom. The van der Waals surface area contributed by atoms with E-state index in [2.05, 4.69) is 13.8 Å². The Morgan fingerprint density at radius 1 is 1.55 bits per heavy atom. The molecule has 2 atom stereocenters. The van der Waals surface area contributed by atoms with E-state index < -0.39 is 0 Å². The number of hydrogen-bond donors (Lipinski definition) is 1. The molecule has 3 heteroatoms. The molecule has 11 heavy (non-hydrogen) atoms. The fourth-order valence-corrected chi connectivity index (χ4v) is 1.52. The highest BCUT2D eigenvalue weighted by Crippen LogP contribution is 2.14. The van der Waals surface area contributed by atoms with Crippen molar-refractivity contribution in [3.8, 4) is 0 Å². The van der Waals surface area contributed by atoms with Crippen molar-refractivity contribution >= 4 is 11.8 Å². The van der Waals surface area contributed by atoms with Gasteiger partial charge in [-0.3, -0.25) is 0 Å². The summed E-state index contributed by atoms with van der Waals surface area (Å²) in [4.78, 5) is 0. The van der Waals surface area contributed by atoms with Crippen LogP contribution in [0.15, 0.2) is 0 Å². The molecule has 0 heterocycles. The van der Waals surface area contributed by atoms with Gasteiger partial charge in [0, 0.05) is 18.1 Å². The minimum atomic E-state index is -0.306. The molecule has 0 spiro atoms. The van der Waals surface area contributed by atoms with Gasteiger partial charge in [-0.2, -0.15) is 11.8 Å². The minimum Gasteiger partial charge on any atom is -0.390 e. The summed E-state index contributed by atoms with van der Waals surface area (Å²) in [5.41, 5.74) is 0. The Balaban J connectivity index is 3.22. The van der Waals surface area contributed by atoms with E-state index in [1.54, 1.807) is 18.9 Å². The second kappa shape index (κ2) is 6.95. The van der Waals surface area contributed by atoms with Crippen LogP contribution in [-0.4, -0.2) is 35.9 Å². The Bertz CT molecular complexity index is 88.2. The molecule has 0 aliphatic heterocycles. The highest BCUT2D eigenvalue weighted by molar-refractivity contribution is 7.99. The molecule has 2 unspecified atom stereocenters. The molecule has 2 nitrogen and oxygen atoms in total. The average Bonchev–Trinajstić information content (AvgIpc) is 2.01. The molecular formula is C8H18O2S. The summed E-state index contributed by atoms with van der Waals surface area (Å²) in [5, 5.41) is 9.89. The second-order valence-electron chi connectivity index (χ2n) is 2.66. The van der Waals surface area contributed by atoms with Crippen molar-refractivity contribution in [1.29, 1.82) is 0 Å². The fraction of sp³-hybridized carbons (Fsp3) is 1.00. The first-order chi connectivity index (χ1) is 5.20. The van der Waals surface area contributed by atoms with E-state index >= 15 is 0 Å². The van der Waals surface area contributed by atoms with Crippen LogP contribution in [0.2, 0.25) is 0 Å². The molecule has 0 aromatic rings. The predicted molar refractivity (Wildman–Crippen MR) is 50.1 cm³/mol. The van der Waals surface area contributed by atoms with Crippen LogP contribution >= 0.6 is 11.8 Å². The normalized spacial score (nSPS) is 16.4. The fourth-order valence-electron chi connectivity index (χ4n) is 0.634. The Hall–Kier alpha value is 0.270. The topological polar surface area (TPSA) is 29.5 Å². The molecule has 68 valence electrons. The molecule has 0 aromatic carbocycles. The summed E-state index contributed by atoms with van der Waals surface area (Å²) in [7, 11) is 1.61. The second-order valence-corrected chi connectivity index (χ2v) is 4.13. The first-order valence-electron chi connectivity index (χ1n) is 3.99. The van der Waals surface area contributed by atoms with E-state index in [9.17, 15) is 5.11 Å². The zero-order valence-electron chi connectivity index (χ0n) is 7.54. The van der Waals surface area contributed by atoms with Crippen LogP contribution < -0.4 is 0 Å². The van der Waals surface area contributed by atoms with Crippen molar-refractivity contribution in [1.82, 2.24) is 0 Å². The van der Waals surface area contributed by atoms with Crippen molar-refractivity contribution in [2.45, 2.75) is 31.6 Å². The molecule has 0 amide bonds.